The normalized spacial score (nSPS) is 40.8. The van der Waals surface area contributed by atoms with Gasteiger partial charge in [-0.1, -0.05) is 0 Å². The van der Waals surface area contributed by atoms with E-state index in [0.29, 0.717) is 5.41 Å². The van der Waals surface area contributed by atoms with Gasteiger partial charge in [0.05, 0.1) is 6.61 Å². The van der Waals surface area contributed by atoms with Crippen molar-refractivity contribution in [2.75, 3.05) is 26.3 Å². The molecule has 2 aliphatic heterocycles. The molecule has 2 heteroatoms. The van der Waals surface area contributed by atoms with Crippen LogP contribution in [-0.4, -0.2) is 26.3 Å². The molecule has 1 unspecified atom stereocenters. The molecular formula is C8H15NO. The maximum absolute atomic E-state index is 5.40. The molecule has 2 rings (SSSR count). The molecule has 0 aromatic heterocycles. The second-order valence-electron chi connectivity index (χ2n) is 3.58. The van der Waals surface area contributed by atoms with E-state index in [9.17, 15) is 0 Å². The molecule has 1 N–H and O–H groups in total. The molecule has 2 aliphatic rings. The highest BCUT2D eigenvalue weighted by atomic mass is 16.5. The minimum atomic E-state index is 0.540. The molecule has 0 aliphatic carbocycles. The summed E-state index contributed by atoms with van der Waals surface area (Å²) < 4.78 is 5.40. The van der Waals surface area contributed by atoms with Crippen LogP contribution in [0.3, 0.4) is 0 Å². The third-order valence-corrected chi connectivity index (χ3v) is 2.75. The molecule has 10 heavy (non-hydrogen) atoms. The van der Waals surface area contributed by atoms with Crippen molar-refractivity contribution >= 4 is 0 Å². The predicted molar refractivity (Wildman–Crippen MR) is 40.0 cm³/mol. The van der Waals surface area contributed by atoms with Crippen LogP contribution in [0.2, 0.25) is 0 Å². The lowest BCUT2D eigenvalue weighted by molar-refractivity contribution is 0.132. The van der Waals surface area contributed by atoms with Gasteiger partial charge in [0.15, 0.2) is 0 Å². The number of nitrogens with one attached hydrogen (secondary N) is 1. The summed E-state index contributed by atoms with van der Waals surface area (Å²) in [5.74, 6) is 0. The number of hydrogen-bond acceptors (Lipinski definition) is 2. The molecule has 2 saturated heterocycles. The third-order valence-electron chi connectivity index (χ3n) is 2.75. The Kier molecular flexibility index (Phi) is 1.66. The largest absolute Gasteiger partial charge is 0.381 e. The van der Waals surface area contributed by atoms with Crippen molar-refractivity contribution in [3.63, 3.8) is 0 Å². The van der Waals surface area contributed by atoms with Crippen molar-refractivity contribution in [3.8, 4) is 0 Å². The van der Waals surface area contributed by atoms with Crippen molar-refractivity contribution in [3.05, 3.63) is 0 Å². The molecular weight excluding hydrogens is 126 g/mol. The molecule has 0 radical (unpaired) electrons. The Bertz CT molecular complexity index is 110. The Balaban J connectivity index is 1.98. The summed E-state index contributed by atoms with van der Waals surface area (Å²) in [6, 6.07) is 0. The average Bonchev–Trinajstić information content (AvgIpc) is 2.39. The van der Waals surface area contributed by atoms with Crippen molar-refractivity contribution in [1.29, 1.82) is 0 Å². The van der Waals surface area contributed by atoms with Crippen LogP contribution >= 0.6 is 0 Å². The summed E-state index contributed by atoms with van der Waals surface area (Å²) in [4.78, 5) is 0. The first kappa shape index (κ1) is 6.62. The zero-order chi connectivity index (χ0) is 6.86. The fraction of sp³-hybridized carbons (Fsp3) is 1.00. The summed E-state index contributed by atoms with van der Waals surface area (Å²) in [6.45, 7) is 4.39. The van der Waals surface area contributed by atoms with Crippen LogP contribution in [0.25, 0.3) is 0 Å². The minimum Gasteiger partial charge on any atom is -0.381 e. The minimum absolute atomic E-state index is 0.540. The maximum Gasteiger partial charge on any atom is 0.0535 e. The lowest BCUT2D eigenvalue weighted by Crippen LogP contribution is -2.40. The zero-order valence-corrected chi connectivity index (χ0v) is 6.36. The van der Waals surface area contributed by atoms with E-state index in [1.165, 1.54) is 32.4 Å². The van der Waals surface area contributed by atoms with Gasteiger partial charge in [0.25, 0.3) is 0 Å². The SMILES string of the molecule is C1CNCC2(C1)CCOC2. The second-order valence-corrected chi connectivity index (χ2v) is 3.58. The number of rotatable bonds is 0. The average molecular weight is 141 g/mol. The van der Waals surface area contributed by atoms with E-state index in [1.54, 1.807) is 0 Å². The van der Waals surface area contributed by atoms with Crippen LogP contribution in [0, 0.1) is 5.41 Å². The lowest BCUT2D eigenvalue weighted by atomic mass is 9.80. The first-order chi connectivity index (χ1) is 4.91. The Morgan fingerprint density at radius 3 is 2.90 bits per heavy atom. The van der Waals surface area contributed by atoms with Gasteiger partial charge in [0.1, 0.15) is 0 Å². The van der Waals surface area contributed by atoms with Crippen LogP contribution in [0.5, 0.6) is 0 Å². The van der Waals surface area contributed by atoms with Crippen LogP contribution in [0.4, 0.5) is 0 Å². The summed E-state index contributed by atoms with van der Waals surface area (Å²) in [7, 11) is 0. The number of ether oxygens (including phenoxy) is 1. The van der Waals surface area contributed by atoms with Gasteiger partial charge in [-0.15, -0.1) is 0 Å². The molecule has 0 bridgehead atoms. The Morgan fingerprint density at radius 1 is 1.30 bits per heavy atom. The highest BCUT2D eigenvalue weighted by molar-refractivity contribution is 4.88. The van der Waals surface area contributed by atoms with Gasteiger partial charge in [0.2, 0.25) is 0 Å². The molecule has 2 heterocycles. The van der Waals surface area contributed by atoms with Gasteiger partial charge in [0, 0.05) is 18.6 Å². The zero-order valence-electron chi connectivity index (χ0n) is 6.36. The van der Waals surface area contributed by atoms with E-state index in [-0.39, 0.29) is 0 Å². The lowest BCUT2D eigenvalue weighted by Gasteiger charge is -2.31. The van der Waals surface area contributed by atoms with E-state index in [0.717, 1.165) is 13.2 Å². The van der Waals surface area contributed by atoms with Gasteiger partial charge in [-0.3, -0.25) is 0 Å². The number of hydrogen-bond donors (Lipinski definition) is 1. The van der Waals surface area contributed by atoms with Crippen molar-refractivity contribution in [2.24, 2.45) is 5.41 Å². The van der Waals surface area contributed by atoms with Gasteiger partial charge in [-0.25, -0.2) is 0 Å². The molecule has 2 fully saturated rings. The third kappa shape index (κ3) is 1.06. The quantitative estimate of drug-likeness (QED) is 0.538. The van der Waals surface area contributed by atoms with Gasteiger partial charge >= 0.3 is 0 Å². The van der Waals surface area contributed by atoms with E-state index < -0.39 is 0 Å². The molecule has 1 spiro atoms. The Hall–Kier alpha value is -0.0800. The van der Waals surface area contributed by atoms with Gasteiger partial charge in [-0.05, 0) is 25.8 Å². The van der Waals surface area contributed by atoms with Crippen LogP contribution in [0.1, 0.15) is 19.3 Å². The Labute approximate surface area is 61.9 Å². The van der Waals surface area contributed by atoms with Crippen molar-refractivity contribution in [2.45, 2.75) is 19.3 Å². The summed E-state index contributed by atoms with van der Waals surface area (Å²) in [6.07, 6.45) is 3.99. The van der Waals surface area contributed by atoms with Gasteiger partial charge < -0.3 is 10.1 Å². The summed E-state index contributed by atoms with van der Waals surface area (Å²) in [5.41, 5.74) is 0.540. The summed E-state index contributed by atoms with van der Waals surface area (Å²) in [5, 5.41) is 3.44. The van der Waals surface area contributed by atoms with Crippen LogP contribution in [-0.2, 0) is 4.74 Å². The van der Waals surface area contributed by atoms with E-state index >= 15 is 0 Å². The van der Waals surface area contributed by atoms with Crippen LogP contribution in [0.15, 0.2) is 0 Å². The molecule has 1 atom stereocenters. The molecule has 0 aromatic carbocycles. The topological polar surface area (TPSA) is 21.3 Å². The van der Waals surface area contributed by atoms with E-state index in [1.807, 2.05) is 0 Å². The van der Waals surface area contributed by atoms with Crippen LogP contribution < -0.4 is 5.32 Å². The second kappa shape index (κ2) is 2.51. The molecule has 58 valence electrons. The van der Waals surface area contributed by atoms with E-state index in [2.05, 4.69) is 5.32 Å². The van der Waals surface area contributed by atoms with E-state index in [4.69, 9.17) is 4.74 Å². The van der Waals surface area contributed by atoms with Gasteiger partial charge in [-0.2, -0.15) is 0 Å². The molecule has 2 nitrogen and oxygen atoms in total. The number of piperidine rings is 1. The molecule has 0 aromatic rings. The fourth-order valence-corrected chi connectivity index (χ4v) is 2.02. The molecule has 0 amide bonds. The first-order valence-electron chi connectivity index (χ1n) is 4.20. The monoisotopic (exact) mass is 141 g/mol. The standard InChI is InChI=1S/C8H15NO/c1-2-8(6-9-4-1)3-5-10-7-8/h9H,1-7H2. The Morgan fingerprint density at radius 2 is 2.30 bits per heavy atom. The molecule has 0 saturated carbocycles. The van der Waals surface area contributed by atoms with Crippen molar-refractivity contribution < 1.29 is 4.74 Å². The first-order valence-corrected chi connectivity index (χ1v) is 4.20. The predicted octanol–water partition coefficient (Wildman–Crippen LogP) is 0.776. The highest BCUT2D eigenvalue weighted by Crippen LogP contribution is 2.34. The highest BCUT2D eigenvalue weighted by Gasteiger charge is 2.35. The smallest absolute Gasteiger partial charge is 0.0535 e. The maximum atomic E-state index is 5.40. The fourth-order valence-electron chi connectivity index (χ4n) is 2.02. The van der Waals surface area contributed by atoms with Crippen molar-refractivity contribution in [1.82, 2.24) is 5.32 Å². The summed E-state index contributed by atoms with van der Waals surface area (Å²) >= 11 is 0.